The predicted octanol–water partition coefficient (Wildman–Crippen LogP) is 5.26. The molecule has 24 heavy (non-hydrogen) atoms. The number of hydrogen-bond donors (Lipinski definition) is 1. The zero-order valence-corrected chi connectivity index (χ0v) is 13.8. The highest BCUT2D eigenvalue weighted by Gasteiger charge is 2.17. The van der Waals surface area contributed by atoms with Crippen molar-refractivity contribution in [2.24, 2.45) is 0 Å². The zero-order chi connectivity index (χ0) is 17.3. The summed E-state index contributed by atoms with van der Waals surface area (Å²) in [6, 6.07) is 13.4. The first-order valence-corrected chi connectivity index (χ1v) is 7.69. The van der Waals surface area contributed by atoms with Crippen LogP contribution in [0.1, 0.15) is 27.2 Å². The average Bonchev–Trinajstić information content (AvgIpc) is 2.94. The minimum Gasteiger partial charge on any atom is -0.461 e. The van der Waals surface area contributed by atoms with Gasteiger partial charge in [-0.15, -0.1) is 0 Å². The van der Waals surface area contributed by atoms with Crippen LogP contribution in [0.4, 0.5) is 10.1 Å². The van der Waals surface area contributed by atoms with Gasteiger partial charge in [0.1, 0.15) is 17.3 Å². The van der Waals surface area contributed by atoms with Crippen molar-refractivity contribution in [1.29, 1.82) is 0 Å². The van der Waals surface area contributed by atoms with E-state index in [4.69, 9.17) is 4.42 Å². The molecule has 0 unspecified atom stereocenters. The van der Waals surface area contributed by atoms with Crippen molar-refractivity contribution >= 4 is 11.6 Å². The van der Waals surface area contributed by atoms with E-state index in [1.54, 1.807) is 25.1 Å². The Morgan fingerprint density at radius 2 is 1.75 bits per heavy atom. The van der Waals surface area contributed by atoms with Crippen LogP contribution in [-0.2, 0) is 0 Å². The second-order valence-corrected chi connectivity index (χ2v) is 5.79. The number of hydrogen-bond acceptors (Lipinski definition) is 2. The smallest absolute Gasteiger partial charge is 0.259 e. The quantitative estimate of drug-likeness (QED) is 0.714. The molecule has 1 N–H and O–H groups in total. The number of carbonyl (C=O) groups excluding carboxylic acids is 1. The molecule has 3 nitrogen and oxygen atoms in total. The topological polar surface area (TPSA) is 42.2 Å². The van der Waals surface area contributed by atoms with E-state index in [0.29, 0.717) is 17.1 Å². The van der Waals surface area contributed by atoms with Gasteiger partial charge in [0.05, 0.1) is 5.56 Å². The van der Waals surface area contributed by atoms with E-state index in [0.717, 1.165) is 22.4 Å². The molecule has 0 fully saturated rings. The Balaban J connectivity index is 1.88. The molecule has 1 heterocycles. The number of amides is 1. The lowest BCUT2D eigenvalue weighted by atomic mass is 10.1. The molecule has 0 spiro atoms. The van der Waals surface area contributed by atoms with E-state index < -0.39 is 0 Å². The van der Waals surface area contributed by atoms with Gasteiger partial charge in [-0.05, 0) is 68.3 Å². The van der Waals surface area contributed by atoms with Crippen molar-refractivity contribution < 1.29 is 13.6 Å². The number of benzene rings is 2. The van der Waals surface area contributed by atoms with E-state index in [9.17, 15) is 9.18 Å². The van der Waals surface area contributed by atoms with Crippen LogP contribution >= 0.6 is 0 Å². The van der Waals surface area contributed by atoms with Crippen LogP contribution in [0, 0.1) is 26.6 Å². The molecule has 1 amide bonds. The number of carbonyl (C=O) groups is 1. The fourth-order valence-electron chi connectivity index (χ4n) is 2.54. The van der Waals surface area contributed by atoms with Crippen LogP contribution in [-0.4, -0.2) is 5.91 Å². The summed E-state index contributed by atoms with van der Waals surface area (Å²) in [6.45, 7) is 5.71. The standard InChI is InChI=1S/C20H18FNO2/c1-12-5-4-6-18(13(12)2)22-20(23)17-11-19(24-14(17)3)15-7-9-16(21)10-8-15/h4-11H,1-3H3,(H,22,23). The highest BCUT2D eigenvalue weighted by molar-refractivity contribution is 6.06. The van der Waals surface area contributed by atoms with Crippen LogP contribution in [0.25, 0.3) is 11.3 Å². The van der Waals surface area contributed by atoms with Crippen molar-refractivity contribution in [3.8, 4) is 11.3 Å². The first-order chi connectivity index (χ1) is 11.5. The maximum absolute atomic E-state index is 13.0. The van der Waals surface area contributed by atoms with Crippen LogP contribution in [0.5, 0.6) is 0 Å². The molecule has 0 radical (unpaired) electrons. The molecule has 0 aliphatic carbocycles. The summed E-state index contributed by atoms with van der Waals surface area (Å²) < 4.78 is 18.7. The Hall–Kier alpha value is -2.88. The minimum absolute atomic E-state index is 0.224. The summed E-state index contributed by atoms with van der Waals surface area (Å²) in [6.07, 6.45) is 0. The molecule has 2 aromatic carbocycles. The molecule has 1 aromatic heterocycles. The molecular formula is C20H18FNO2. The molecule has 0 saturated heterocycles. The van der Waals surface area contributed by atoms with Gasteiger partial charge in [-0.2, -0.15) is 0 Å². The molecule has 122 valence electrons. The maximum atomic E-state index is 13.0. The molecule has 4 heteroatoms. The number of aryl methyl sites for hydroxylation is 2. The third-order valence-electron chi connectivity index (χ3n) is 4.14. The van der Waals surface area contributed by atoms with E-state index in [2.05, 4.69) is 5.32 Å². The van der Waals surface area contributed by atoms with Gasteiger partial charge in [0, 0.05) is 11.3 Å². The largest absolute Gasteiger partial charge is 0.461 e. The molecule has 0 bridgehead atoms. The highest BCUT2D eigenvalue weighted by Crippen LogP contribution is 2.27. The van der Waals surface area contributed by atoms with E-state index >= 15 is 0 Å². The molecule has 3 aromatic rings. The number of rotatable bonds is 3. The van der Waals surface area contributed by atoms with Crippen molar-refractivity contribution in [3.63, 3.8) is 0 Å². The lowest BCUT2D eigenvalue weighted by molar-refractivity contribution is 0.102. The molecule has 0 aliphatic heterocycles. The average molecular weight is 323 g/mol. The van der Waals surface area contributed by atoms with Gasteiger partial charge < -0.3 is 9.73 Å². The Morgan fingerprint density at radius 3 is 2.46 bits per heavy atom. The third-order valence-corrected chi connectivity index (χ3v) is 4.14. The Kier molecular flexibility index (Phi) is 4.21. The summed E-state index contributed by atoms with van der Waals surface area (Å²) in [5.41, 5.74) is 4.12. The van der Waals surface area contributed by atoms with E-state index in [1.807, 2.05) is 32.0 Å². The van der Waals surface area contributed by atoms with E-state index in [1.165, 1.54) is 12.1 Å². The van der Waals surface area contributed by atoms with Crippen LogP contribution < -0.4 is 5.32 Å². The van der Waals surface area contributed by atoms with Crippen LogP contribution in [0.15, 0.2) is 52.9 Å². The van der Waals surface area contributed by atoms with Gasteiger partial charge in [-0.3, -0.25) is 4.79 Å². The van der Waals surface area contributed by atoms with Gasteiger partial charge in [0.25, 0.3) is 5.91 Å². The molecule has 3 rings (SSSR count). The molecular weight excluding hydrogens is 305 g/mol. The van der Waals surface area contributed by atoms with Gasteiger partial charge in [-0.1, -0.05) is 12.1 Å². The molecule has 0 aliphatic rings. The van der Waals surface area contributed by atoms with Crippen LogP contribution in [0.3, 0.4) is 0 Å². The second kappa shape index (κ2) is 6.32. The van der Waals surface area contributed by atoms with Crippen molar-refractivity contribution in [2.75, 3.05) is 5.32 Å². The SMILES string of the molecule is Cc1cccc(NC(=O)c2cc(-c3ccc(F)cc3)oc2C)c1C. The number of anilines is 1. The predicted molar refractivity (Wildman–Crippen MR) is 92.7 cm³/mol. The first-order valence-electron chi connectivity index (χ1n) is 7.69. The van der Waals surface area contributed by atoms with Crippen molar-refractivity contribution in [1.82, 2.24) is 0 Å². The second-order valence-electron chi connectivity index (χ2n) is 5.79. The summed E-state index contributed by atoms with van der Waals surface area (Å²) in [4.78, 5) is 12.6. The van der Waals surface area contributed by atoms with Gasteiger partial charge in [-0.25, -0.2) is 4.39 Å². The van der Waals surface area contributed by atoms with Gasteiger partial charge >= 0.3 is 0 Å². The lowest BCUT2D eigenvalue weighted by Crippen LogP contribution is -2.13. The lowest BCUT2D eigenvalue weighted by Gasteiger charge is -2.09. The van der Waals surface area contributed by atoms with Crippen LogP contribution in [0.2, 0.25) is 0 Å². The number of halogens is 1. The van der Waals surface area contributed by atoms with Gasteiger partial charge in [0.15, 0.2) is 0 Å². The number of nitrogens with one attached hydrogen (secondary N) is 1. The van der Waals surface area contributed by atoms with E-state index in [-0.39, 0.29) is 11.7 Å². The third kappa shape index (κ3) is 3.08. The van der Waals surface area contributed by atoms with Crippen molar-refractivity contribution in [2.45, 2.75) is 20.8 Å². The highest BCUT2D eigenvalue weighted by atomic mass is 19.1. The summed E-state index contributed by atoms with van der Waals surface area (Å²) in [5, 5.41) is 2.92. The normalized spacial score (nSPS) is 10.7. The number of furan rings is 1. The molecule has 0 atom stereocenters. The fourth-order valence-corrected chi connectivity index (χ4v) is 2.54. The summed E-state index contributed by atoms with van der Waals surface area (Å²) >= 11 is 0. The summed E-state index contributed by atoms with van der Waals surface area (Å²) in [7, 11) is 0. The van der Waals surface area contributed by atoms with Gasteiger partial charge in [0.2, 0.25) is 0 Å². The summed E-state index contributed by atoms with van der Waals surface area (Å²) in [5.74, 6) is 0.531. The maximum Gasteiger partial charge on any atom is 0.259 e. The monoisotopic (exact) mass is 323 g/mol. The Morgan fingerprint density at radius 1 is 1.04 bits per heavy atom. The Bertz CT molecular complexity index is 895. The first kappa shape index (κ1) is 16.0. The fraction of sp³-hybridized carbons (Fsp3) is 0.150. The minimum atomic E-state index is -0.310. The molecule has 0 saturated carbocycles. The zero-order valence-electron chi connectivity index (χ0n) is 13.8. The Labute approximate surface area is 140 Å². The van der Waals surface area contributed by atoms with Crippen molar-refractivity contribution in [3.05, 3.63) is 76.8 Å².